The molecule has 3 nitrogen and oxygen atoms in total. The molecule has 1 amide bonds. The van der Waals surface area contributed by atoms with Crippen molar-refractivity contribution in [3.8, 4) is 0 Å². The van der Waals surface area contributed by atoms with Crippen LogP contribution in [0.15, 0.2) is 24.3 Å². The number of hydrogen-bond acceptors (Lipinski definition) is 2. The van der Waals surface area contributed by atoms with Gasteiger partial charge in [0.2, 0.25) is 0 Å². The zero-order chi connectivity index (χ0) is 12.3. The summed E-state index contributed by atoms with van der Waals surface area (Å²) in [4.78, 5) is 12.0. The molecule has 0 saturated carbocycles. The average Bonchev–Trinajstić information content (AvgIpc) is 2.30. The van der Waals surface area contributed by atoms with E-state index in [9.17, 15) is 9.18 Å². The van der Waals surface area contributed by atoms with Crippen LogP contribution in [0.5, 0.6) is 0 Å². The molecule has 2 rings (SSSR count). The van der Waals surface area contributed by atoms with E-state index >= 15 is 0 Å². The Labute approximate surface area is 100 Å². The Balaban J connectivity index is 2.03. The number of nitrogens with one attached hydrogen (secondary N) is 2. The molecule has 4 heteroatoms. The first-order valence-electron chi connectivity index (χ1n) is 5.88. The van der Waals surface area contributed by atoms with Crippen molar-refractivity contribution in [1.82, 2.24) is 10.6 Å². The van der Waals surface area contributed by atoms with Crippen LogP contribution >= 0.6 is 0 Å². The van der Waals surface area contributed by atoms with Gasteiger partial charge in [-0.3, -0.25) is 4.79 Å². The van der Waals surface area contributed by atoms with Gasteiger partial charge in [-0.1, -0.05) is 0 Å². The zero-order valence-corrected chi connectivity index (χ0v) is 9.92. The molecule has 0 bridgehead atoms. The van der Waals surface area contributed by atoms with Gasteiger partial charge in [0.15, 0.2) is 0 Å². The fraction of sp³-hybridized carbons (Fsp3) is 0.462. The molecular formula is C13H17FN2O. The van der Waals surface area contributed by atoms with E-state index in [1.54, 1.807) is 0 Å². The standard InChI is InChI=1S/C13H17FN2O/c1-13(6-8-15-9-7-13)16-12(17)10-2-4-11(14)5-3-10/h2-5,15H,6-9H2,1H3,(H,16,17). The molecule has 1 aliphatic rings. The summed E-state index contributed by atoms with van der Waals surface area (Å²) < 4.78 is 12.7. The van der Waals surface area contributed by atoms with Crippen molar-refractivity contribution in [2.75, 3.05) is 13.1 Å². The van der Waals surface area contributed by atoms with Crippen LogP contribution in [0.3, 0.4) is 0 Å². The number of hydrogen-bond donors (Lipinski definition) is 2. The molecule has 0 aromatic heterocycles. The van der Waals surface area contributed by atoms with E-state index < -0.39 is 0 Å². The van der Waals surface area contributed by atoms with Gasteiger partial charge in [-0.25, -0.2) is 4.39 Å². The molecule has 1 aliphatic heterocycles. The van der Waals surface area contributed by atoms with E-state index in [-0.39, 0.29) is 17.3 Å². The number of rotatable bonds is 2. The molecule has 0 unspecified atom stereocenters. The minimum atomic E-state index is -0.324. The minimum Gasteiger partial charge on any atom is -0.347 e. The second-order valence-electron chi connectivity index (χ2n) is 4.77. The number of piperidine rings is 1. The summed E-state index contributed by atoms with van der Waals surface area (Å²) in [5, 5.41) is 6.29. The van der Waals surface area contributed by atoms with Crippen molar-refractivity contribution in [3.05, 3.63) is 35.6 Å². The lowest BCUT2D eigenvalue weighted by Crippen LogP contribution is -2.52. The predicted molar refractivity (Wildman–Crippen MR) is 64.4 cm³/mol. The van der Waals surface area contributed by atoms with Crippen LogP contribution in [-0.4, -0.2) is 24.5 Å². The van der Waals surface area contributed by atoms with Gasteiger partial charge in [-0.05, 0) is 57.1 Å². The summed E-state index contributed by atoms with van der Waals surface area (Å²) in [6.07, 6.45) is 1.83. The SMILES string of the molecule is CC1(NC(=O)c2ccc(F)cc2)CCNCC1. The highest BCUT2D eigenvalue weighted by molar-refractivity contribution is 5.94. The Kier molecular flexibility index (Phi) is 3.43. The second kappa shape index (κ2) is 4.84. The maximum atomic E-state index is 12.7. The number of benzene rings is 1. The Bertz CT molecular complexity index is 396. The topological polar surface area (TPSA) is 41.1 Å². The first-order valence-corrected chi connectivity index (χ1v) is 5.88. The molecule has 92 valence electrons. The zero-order valence-electron chi connectivity index (χ0n) is 9.92. The van der Waals surface area contributed by atoms with Crippen LogP contribution in [0.25, 0.3) is 0 Å². The predicted octanol–water partition coefficient (Wildman–Crippen LogP) is 1.70. The van der Waals surface area contributed by atoms with Crippen LogP contribution < -0.4 is 10.6 Å². The molecule has 17 heavy (non-hydrogen) atoms. The lowest BCUT2D eigenvalue weighted by Gasteiger charge is -2.35. The summed E-state index contributed by atoms with van der Waals surface area (Å²) >= 11 is 0. The van der Waals surface area contributed by atoms with Crippen molar-refractivity contribution in [2.45, 2.75) is 25.3 Å². The maximum Gasteiger partial charge on any atom is 0.251 e. The van der Waals surface area contributed by atoms with Crippen LogP contribution in [0.2, 0.25) is 0 Å². The summed E-state index contributed by atoms with van der Waals surface area (Å²) in [7, 11) is 0. The summed E-state index contributed by atoms with van der Waals surface area (Å²) in [6.45, 7) is 3.88. The van der Waals surface area contributed by atoms with E-state index in [1.165, 1.54) is 24.3 Å². The second-order valence-corrected chi connectivity index (χ2v) is 4.77. The lowest BCUT2D eigenvalue weighted by atomic mass is 9.90. The molecule has 0 aliphatic carbocycles. The molecule has 1 aromatic rings. The van der Waals surface area contributed by atoms with Crippen molar-refractivity contribution < 1.29 is 9.18 Å². The number of halogens is 1. The normalized spacial score (nSPS) is 18.7. The van der Waals surface area contributed by atoms with Crippen LogP contribution in [-0.2, 0) is 0 Å². The lowest BCUT2D eigenvalue weighted by molar-refractivity contribution is 0.0887. The van der Waals surface area contributed by atoms with Gasteiger partial charge < -0.3 is 10.6 Å². The average molecular weight is 236 g/mol. The third kappa shape index (κ3) is 3.03. The molecular weight excluding hydrogens is 219 g/mol. The smallest absolute Gasteiger partial charge is 0.251 e. The van der Waals surface area contributed by atoms with E-state index in [2.05, 4.69) is 17.6 Å². The molecule has 1 fully saturated rings. The minimum absolute atomic E-state index is 0.130. The Morgan fingerprint density at radius 2 is 1.88 bits per heavy atom. The van der Waals surface area contributed by atoms with Gasteiger partial charge in [-0.2, -0.15) is 0 Å². The molecule has 1 saturated heterocycles. The van der Waals surface area contributed by atoms with Gasteiger partial charge in [0, 0.05) is 11.1 Å². The molecule has 0 atom stereocenters. The first-order chi connectivity index (χ1) is 8.09. The largest absolute Gasteiger partial charge is 0.347 e. The highest BCUT2D eigenvalue weighted by atomic mass is 19.1. The van der Waals surface area contributed by atoms with Gasteiger partial charge >= 0.3 is 0 Å². The summed E-state index contributed by atoms with van der Waals surface area (Å²) in [5.74, 6) is -0.455. The van der Waals surface area contributed by atoms with E-state index in [1.807, 2.05) is 0 Å². The van der Waals surface area contributed by atoms with E-state index in [0.29, 0.717) is 5.56 Å². The molecule has 0 radical (unpaired) electrons. The van der Waals surface area contributed by atoms with Crippen LogP contribution in [0, 0.1) is 5.82 Å². The fourth-order valence-electron chi connectivity index (χ4n) is 2.05. The summed E-state index contributed by atoms with van der Waals surface area (Å²) in [6, 6.07) is 5.63. The quantitative estimate of drug-likeness (QED) is 0.820. The maximum absolute atomic E-state index is 12.7. The van der Waals surface area contributed by atoms with E-state index in [0.717, 1.165) is 25.9 Å². The number of amides is 1. The van der Waals surface area contributed by atoms with Gasteiger partial charge in [-0.15, -0.1) is 0 Å². The van der Waals surface area contributed by atoms with Gasteiger partial charge in [0.1, 0.15) is 5.82 Å². The molecule has 1 heterocycles. The van der Waals surface area contributed by atoms with Crippen molar-refractivity contribution in [3.63, 3.8) is 0 Å². The van der Waals surface area contributed by atoms with Crippen LogP contribution in [0.4, 0.5) is 4.39 Å². The fourth-order valence-corrected chi connectivity index (χ4v) is 2.05. The molecule has 2 N–H and O–H groups in total. The monoisotopic (exact) mass is 236 g/mol. The highest BCUT2D eigenvalue weighted by Crippen LogP contribution is 2.18. The van der Waals surface area contributed by atoms with Crippen molar-refractivity contribution in [1.29, 1.82) is 0 Å². The van der Waals surface area contributed by atoms with Crippen LogP contribution in [0.1, 0.15) is 30.1 Å². The van der Waals surface area contributed by atoms with Crippen molar-refractivity contribution >= 4 is 5.91 Å². The first kappa shape index (κ1) is 12.0. The number of carbonyl (C=O) groups excluding carboxylic acids is 1. The molecule has 1 aromatic carbocycles. The Morgan fingerprint density at radius 3 is 2.47 bits per heavy atom. The van der Waals surface area contributed by atoms with Gasteiger partial charge in [0.05, 0.1) is 0 Å². The summed E-state index contributed by atoms with van der Waals surface area (Å²) in [5.41, 5.74) is 0.350. The van der Waals surface area contributed by atoms with Crippen molar-refractivity contribution in [2.24, 2.45) is 0 Å². The van der Waals surface area contributed by atoms with Gasteiger partial charge in [0.25, 0.3) is 5.91 Å². The third-order valence-electron chi connectivity index (χ3n) is 3.23. The Hall–Kier alpha value is -1.42. The molecule has 0 spiro atoms. The third-order valence-corrected chi connectivity index (χ3v) is 3.23. The Morgan fingerprint density at radius 1 is 1.29 bits per heavy atom. The highest BCUT2D eigenvalue weighted by Gasteiger charge is 2.28. The number of carbonyl (C=O) groups is 1. The van der Waals surface area contributed by atoms with E-state index in [4.69, 9.17) is 0 Å².